The number of pyridine rings is 1. The molecule has 0 spiro atoms. The van der Waals surface area contributed by atoms with Gasteiger partial charge in [0.25, 0.3) is 0 Å². The molecule has 0 aliphatic rings. The van der Waals surface area contributed by atoms with E-state index in [0.29, 0.717) is 28.4 Å². The summed E-state index contributed by atoms with van der Waals surface area (Å²) in [6.45, 7) is -0.157. The fraction of sp³-hybridized carbons (Fsp3) is 0.188. The Bertz CT molecular complexity index is 815. The predicted octanol–water partition coefficient (Wildman–Crippen LogP) is 2.95. The second kappa shape index (κ2) is 6.15. The normalized spacial score (nSPS) is 11.0. The van der Waals surface area contributed by atoms with E-state index in [2.05, 4.69) is 9.97 Å². The SMILES string of the molecule is O=C(O)Cn1c(CCc2ccccc2)nc2cc(Cl)cnc21. The highest BCUT2D eigenvalue weighted by atomic mass is 35.5. The predicted molar refractivity (Wildman–Crippen MR) is 84.0 cm³/mol. The van der Waals surface area contributed by atoms with Crippen molar-refractivity contribution in [3.63, 3.8) is 0 Å². The van der Waals surface area contributed by atoms with Crippen LogP contribution in [0.3, 0.4) is 0 Å². The molecular formula is C16H14ClN3O2. The van der Waals surface area contributed by atoms with Crippen LogP contribution in [-0.4, -0.2) is 25.6 Å². The Morgan fingerprint density at radius 3 is 2.73 bits per heavy atom. The minimum Gasteiger partial charge on any atom is -0.480 e. The van der Waals surface area contributed by atoms with E-state index in [4.69, 9.17) is 16.7 Å². The zero-order valence-corrected chi connectivity index (χ0v) is 12.5. The Kier molecular flexibility index (Phi) is 4.06. The van der Waals surface area contributed by atoms with Gasteiger partial charge in [-0.05, 0) is 18.1 Å². The molecule has 2 aromatic heterocycles. The van der Waals surface area contributed by atoms with Gasteiger partial charge >= 0.3 is 5.97 Å². The third kappa shape index (κ3) is 3.09. The molecule has 0 unspecified atom stereocenters. The van der Waals surface area contributed by atoms with Gasteiger partial charge in [0.05, 0.1) is 5.02 Å². The van der Waals surface area contributed by atoms with E-state index in [-0.39, 0.29) is 6.54 Å². The van der Waals surface area contributed by atoms with Crippen LogP contribution in [0, 0.1) is 0 Å². The number of hydrogen-bond donors (Lipinski definition) is 1. The number of carbonyl (C=O) groups is 1. The first-order chi connectivity index (χ1) is 10.6. The summed E-state index contributed by atoms with van der Waals surface area (Å²) in [4.78, 5) is 19.8. The lowest BCUT2D eigenvalue weighted by molar-refractivity contribution is -0.137. The molecule has 0 atom stereocenters. The molecule has 5 nitrogen and oxygen atoms in total. The molecule has 3 aromatic rings. The number of aromatic nitrogens is 3. The fourth-order valence-corrected chi connectivity index (χ4v) is 2.58. The first-order valence-electron chi connectivity index (χ1n) is 6.90. The third-order valence-corrected chi connectivity index (χ3v) is 3.61. The summed E-state index contributed by atoms with van der Waals surface area (Å²) in [5.74, 6) is -0.215. The minimum absolute atomic E-state index is 0.157. The van der Waals surface area contributed by atoms with Crippen molar-refractivity contribution in [3.8, 4) is 0 Å². The smallest absolute Gasteiger partial charge is 0.323 e. The van der Waals surface area contributed by atoms with Gasteiger partial charge in [0.2, 0.25) is 0 Å². The van der Waals surface area contributed by atoms with E-state index in [1.54, 1.807) is 10.6 Å². The molecule has 0 aliphatic heterocycles. The number of nitrogens with zero attached hydrogens (tertiary/aromatic N) is 3. The zero-order valence-electron chi connectivity index (χ0n) is 11.7. The van der Waals surface area contributed by atoms with Gasteiger partial charge in [0.15, 0.2) is 5.65 Å². The molecular weight excluding hydrogens is 302 g/mol. The van der Waals surface area contributed by atoms with Crippen molar-refractivity contribution in [2.75, 3.05) is 0 Å². The molecule has 0 saturated heterocycles. The fourth-order valence-electron chi connectivity index (χ4n) is 2.43. The minimum atomic E-state index is -0.919. The van der Waals surface area contributed by atoms with Gasteiger partial charge in [-0.2, -0.15) is 0 Å². The Hall–Kier alpha value is -2.40. The largest absolute Gasteiger partial charge is 0.480 e. The highest BCUT2D eigenvalue weighted by Gasteiger charge is 2.14. The number of benzene rings is 1. The molecule has 1 N–H and O–H groups in total. The quantitative estimate of drug-likeness (QED) is 0.786. The summed E-state index contributed by atoms with van der Waals surface area (Å²) in [6.07, 6.45) is 2.94. The number of fused-ring (bicyclic) bond motifs is 1. The monoisotopic (exact) mass is 315 g/mol. The molecule has 0 fully saturated rings. The molecule has 3 rings (SSSR count). The maximum Gasteiger partial charge on any atom is 0.323 e. The van der Waals surface area contributed by atoms with Crippen LogP contribution in [0.15, 0.2) is 42.6 Å². The first kappa shape index (κ1) is 14.5. The van der Waals surface area contributed by atoms with E-state index < -0.39 is 5.97 Å². The average Bonchev–Trinajstić information content (AvgIpc) is 2.82. The molecule has 1 aromatic carbocycles. The van der Waals surface area contributed by atoms with Gasteiger partial charge in [-0.25, -0.2) is 9.97 Å². The molecule has 0 bridgehead atoms. The Labute approximate surface area is 132 Å². The van der Waals surface area contributed by atoms with E-state index >= 15 is 0 Å². The number of aliphatic carboxylic acids is 1. The van der Waals surface area contributed by atoms with Crippen LogP contribution in [0.1, 0.15) is 11.4 Å². The second-order valence-electron chi connectivity index (χ2n) is 4.99. The van der Waals surface area contributed by atoms with Crippen molar-refractivity contribution in [2.24, 2.45) is 0 Å². The topological polar surface area (TPSA) is 68.0 Å². The van der Waals surface area contributed by atoms with Gasteiger partial charge in [0, 0.05) is 12.6 Å². The summed E-state index contributed by atoms with van der Waals surface area (Å²) >= 11 is 5.93. The van der Waals surface area contributed by atoms with Gasteiger partial charge < -0.3 is 9.67 Å². The van der Waals surface area contributed by atoms with Crippen LogP contribution in [0.5, 0.6) is 0 Å². The van der Waals surface area contributed by atoms with Crippen molar-refractivity contribution in [1.82, 2.24) is 14.5 Å². The van der Waals surface area contributed by atoms with Crippen LogP contribution in [0.2, 0.25) is 5.02 Å². The summed E-state index contributed by atoms with van der Waals surface area (Å²) in [5, 5.41) is 9.59. The maximum absolute atomic E-state index is 11.1. The highest BCUT2D eigenvalue weighted by Crippen LogP contribution is 2.19. The summed E-state index contributed by atoms with van der Waals surface area (Å²) in [6, 6.07) is 11.7. The van der Waals surface area contributed by atoms with Crippen LogP contribution in [-0.2, 0) is 24.2 Å². The standard InChI is InChI=1S/C16H14ClN3O2/c17-12-8-13-16(18-9-12)20(10-15(21)22)14(19-13)7-6-11-4-2-1-3-5-11/h1-5,8-9H,6-7,10H2,(H,21,22). The van der Waals surface area contributed by atoms with Crippen LogP contribution >= 0.6 is 11.6 Å². The lowest BCUT2D eigenvalue weighted by Gasteiger charge is -2.06. The molecule has 6 heteroatoms. The summed E-state index contributed by atoms with van der Waals surface area (Å²) in [5.41, 5.74) is 2.36. The highest BCUT2D eigenvalue weighted by molar-refractivity contribution is 6.31. The Balaban J connectivity index is 1.94. The number of halogens is 1. The number of imidazole rings is 1. The van der Waals surface area contributed by atoms with E-state index in [1.807, 2.05) is 30.3 Å². The number of hydrogen-bond acceptors (Lipinski definition) is 3. The van der Waals surface area contributed by atoms with Crippen LogP contribution in [0.25, 0.3) is 11.2 Å². The van der Waals surface area contributed by atoms with Crippen molar-refractivity contribution in [1.29, 1.82) is 0 Å². The molecule has 0 amide bonds. The summed E-state index contributed by atoms with van der Waals surface area (Å²) < 4.78 is 1.64. The molecule has 0 radical (unpaired) electrons. The van der Waals surface area contributed by atoms with Gasteiger partial charge in [-0.3, -0.25) is 4.79 Å². The van der Waals surface area contributed by atoms with Gasteiger partial charge in [0.1, 0.15) is 17.9 Å². The van der Waals surface area contributed by atoms with Crippen molar-refractivity contribution in [3.05, 3.63) is 59.0 Å². The molecule has 0 saturated carbocycles. The Morgan fingerprint density at radius 1 is 1.23 bits per heavy atom. The van der Waals surface area contributed by atoms with E-state index in [9.17, 15) is 4.79 Å². The number of carboxylic acids is 1. The van der Waals surface area contributed by atoms with Crippen LogP contribution in [0.4, 0.5) is 0 Å². The Morgan fingerprint density at radius 2 is 2.00 bits per heavy atom. The van der Waals surface area contributed by atoms with Crippen molar-refractivity contribution < 1.29 is 9.90 Å². The molecule has 0 aliphatic carbocycles. The van der Waals surface area contributed by atoms with Gasteiger partial charge in [-0.1, -0.05) is 41.9 Å². The average molecular weight is 316 g/mol. The van der Waals surface area contributed by atoms with Crippen molar-refractivity contribution >= 4 is 28.7 Å². The third-order valence-electron chi connectivity index (χ3n) is 3.40. The maximum atomic E-state index is 11.1. The van der Waals surface area contributed by atoms with E-state index in [1.165, 1.54) is 11.8 Å². The molecule has 22 heavy (non-hydrogen) atoms. The second-order valence-corrected chi connectivity index (χ2v) is 5.43. The summed E-state index contributed by atoms with van der Waals surface area (Å²) in [7, 11) is 0. The lowest BCUT2D eigenvalue weighted by Crippen LogP contribution is -2.13. The first-order valence-corrected chi connectivity index (χ1v) is 7.27. The van der Waals surface area contributed by atoms with Crippen molar-refractivity contribution in [2.45, 2.75) is 19.4 Å². The molecule has 112 valence electrons. The van der Waals surface area contributed by atoms with Crippen LogP contribution < -0.4 is 0 Å². The zero-order chi connectivity index (χ0) is 15.5. The number of rotatable bonds is 5. The number of carboxylic acid groups (broad SMARTS) is 1. The van der Waals surface area contributed by atoms with E-state index in [0.717, 1.165) is 6.42 Å². The molecule has 2 heterocycles. The lowest BCUT2D eigenvalue weighted by atomic mass is 10.1. The number of aryl methyl sites for hydroxylation is 2. The van der Waals surface area contributed by atoms with Gasteiger partial charge in [-0.15, -0.1) is 0 Å².